The number of hydrogen-bond donors (Lipinski definition) is 1. The van der Waals surface area contributed by atoms with Gasteiger partial charge in [0.05, 0.1) is 5.92 Å². The van der Waals surface area contributed by atoms with E-state index in [9.17, 15) is 9.90 Å². The van der Waals surface area contributed by atoms with Gasteiger partial charge >= 0.3 is 5.97 Å². The van der Waals surface area contributed by atoms with Crippen LogP contribution in [0.25, 0.3) is 0 Å². The zero-order valence-electron chi connectivity index (χ0n) is 10.9. The van der Waals surface area contributed by atoms with Crippen molar-refractivity contribution < 1.29 is 9.90 Å². The van der Waals surface area contributed by atoms with E-state index in [1.54, 1.807) is 0 Å². The molecule has 0 radical (unpaired) electrons. The summed E-state index contributed by atoms with van der Waals surface area (Å²) in [5, 5.41) is 9.63. The number of aliphatic carboxylic acids is 1. The van der Waals surface area contributed by atoms with E-state index < -0.39 is 5.97 Å². The lowest BCUT2D eigenvalue weighted by Gasteiger charge is -2.41. The molecule has 102 valence electrons. The number of carboxylic acids is 1. The summed E-state index contributed by atoms with van der Waals surface area (Å²) in [7, 11) is 2.09. The minimum atomic E-state index is -0.638. The van der Waals surface area contributed by atoms with Crippen LogP contribution in [0.2, 0.25) is 0 Å². The zero-order chi connectivity index (χ0) is 13.6. The van der Waals surface area contributed by atoms with Crippen LogP contribution in [0.15, 0.2) is 24.3 Å². The molecule has 4 atom stereocenters. The van der Waals surface area contributed by atoms with Crippen molar-refractivity contribution in [3.63, 3.8) is 0 Å². The zero-order valence-corrected chi connectivity index (χ0v) is 13.1. The summed E-state index contributed by atoms with van der Waals surface area (Å²) in [5.74, 6) is -0.729. The molecule has 0 saturated carbocycles. The predicted octanol–water partition coefficient (Wildman–Crippen LogP) is 2.94. The second-order valence-electron chi connectivity index (χ2n) is 5.72. The fourth-order valence-electron chi connectivity index (χ4n) is 3.86. The Morgan fingerprint density at radius 2 is 2.00 bits per heavy atom. The van der Waals surface area contributed by atoms with Gasteiger partial charge in [-0.15, -0.1) is 0 Å². The fourth-order valence-corrected chi connectivity index (χ4v) is 4.22. The van der Waals surface area contributed by atoms with Crippen molar-refractivity contribution in [3.8, 4) is 0 Å². The molecular weight excluding hydrogens is 353 g/mol. The van der Waals surface area contributed by atoms with Gasteiger partial charge in [0.1, 0.15) is 0 Å². The summed E-state index contributed by atoms with van der Waals surface area (Å²) in [6, 6.07) is 9.13. The number of hydrogen-bond acceptors (Lipinski definition) is 2. The third kappa shape index (κ3) is 2.29. The third-order valence-corrected chi connectivity index (χ3v) is 5.57. The summed E-state index contributed by atoms with van der Waals surface area (Å²) in [6.07, 6.45) is 3.15. The SMILES string of the molecule is CN1[C@H]2CC[C@@H]1C(C(=O)O)C(c1ccc(I)cc1)C2. The number of benzene rings is 1. The van der Waals surface area contributed by atoms with Gasteiger partial charge in [0.2, 0.25) is 0 Å². The predicted molar refractivity (Wildman–Crippen MR) is 82.2 cm³/mol. The van der Waals surface area contributed by atoms with Gasteiger partial charge in [-0.1, -0.05) is 12.1 Å². The van der Waals surface area contributed by atoms with Crippen LogP contribution in [0.1, 0.15) is 30.7 Å². The first-order valence-electron chi connectivity index (χ1n) is 6.78. The summed E-state index contributed by atoms with van der Waals surface area (Å²) < 4.78 is 1.20. The number of carbonyl (C=O) groups is 1. The Kier molecular flexibility index (Phi) is 3.55. The normalized spacial score (nSPS) is 34.4. The maximum atomic E-state index is 11.7. The Hall–Kier alpha value is -0.620. The first-order chi connectivity index (χ1) is 9.08. The van der Waals surface area contributed by atoms with Crippen LogP contribution in [-0.4, -0.2) is 35.1 Å². The maximum Gasteiger partial charge on any atom is 0.308 e. The van der Waals surface area contributed by atoms with Crippen LogP contribution in [0, 0.1) is 9.49 Å². The molecule has 2 aliphatic rings. The molecule has 0 aliphatic carbocycles. The lowest BCUT2D eigenvalue weighted by molar-refractivity contribution is -0.146. The highest BCUT2D eigenvalue weighted by molar-refractivity contribution is 14.1. The van der Waals surface area contributed by atoms with Crippen molar-refractivity contribution in [2.75, 3.05) is 7.05 Å². The van der Waals surface area contributed by atoms with Crippen LogP contribution in [0.3, 0.4) is 0 Å². The molecule has 3 rings (SSSR count). The van der Waals surface area contributed by atoms with Crippen LogP contribution in [0.5, 0.6) is 0 Å². The van der Waals surface area contributed by atoms with E-state index in [2.05, 4.69) is 58.8 Å². The highest BCUT2D eigenvalue weighted by Gasteiger charge is 2.49. The number of fused-ring (bicyclic) bond motifs is 2. The number of piperidine rings is 1. The quantitative estimate of drug-likeness (QED) is 0.813. The Balaban J connectivity index is 1.95. The summed E-state index contributed by atoms with van der Waals surface area (Å²) in [4.78, 5) is 14.0. The van der Waals surface area contributed by atoms with E-state index in [4.69, 9.17) is 0 Å². The van der Waals surface area contributed by atoms with Gasteiger partial charge in [0.15, 0.2) is 0 Å². The molecule has 0 amide bonds. The molecule has 4 heteroatoms. The molecule has 1 N–H and O–H groups in total. The van der Waals surface area contributed by atoms with Crippen LogP contribution in [-0.2, 0) is 4.79 Å². The minimum Gasteiger partial charge on any atom is -0.481 e. The molecule has 1 aromatic carbocycles. The van der Waals surface area contributed by atoms with E-state index in [1.807, 2.05) is 0 Å². The maximum absolute atomic E-state index is 11.7. The summed E-state index contributed by atoms with van der Waals surface area (Å²) in [6.45, 7) is 0. The topological polar surface area (TPSA) is 40.5 Å². The number of halogens is 1. The second-order valence-corrected chi connectivity index (χ2v) is 6.97. The van der Waals surface area contributed by atoms with Crippen molar-refractivity contribution >= 4 is 28.6 Å². The van der Waals surface area contributed by atoms with Gasteiger partial charge < -0.3 is 5.11 Å². The summed E-state index contributed by atoms with van der Waals surface area (Å²) >= 11 is 2.29. The van der Waals surface area contributed by atoms with Crippen molar-refractivity contribution in [1.29, 1.82) is 0 Å². The standard InChI is InChI=1S/C15H18INO2/c1-17-11-6-7-13(17)14(15(18)19)12(8-11)9-2-4-10(16)5-3-9/h2-5,11-14H,6-8H2,1H3,(H,18,19)/t11-,12?,13+,14?/m0/s1. The Morgan fingerprint density at radius 3 is 2.63 bits per heavy atom. The largest absolute Gasteiger partial charge is 0.481 e. The Morgan fingerprint density at radius 1 is 1.32 bits per heavy atom. The van der Waals surface area contributed by atoms with Crippen LogP contribution < -0.4 is 0 Å². The monoisotopic (exact) mass is 371 g/mol. The third-order valence-electron chi connectivity index (χ3n) is 4.85. The van der Waals surface area contributed by atoms with E-state index in [0.29, 0.717) is 6.04 Å². The molecule has 2 bridgehead atoms. The highest BCUT2D eigenvalue weighted by Crippen LogP contribution is 2.46. The number of rotatable bonds is 2. The van der Waals surface area contributed by atoms with Gasteiger partial charge in [-0.25, -0.2) is 0 Å². The fraction of sp³-hybridized carbons (Fsp3) is 0.533. The number of nitrogens with zero attached hydrogens (tertiary/aromatic N) is 1. The minimum absolute atomic E-state index is 0.170. The molecular formula is C15H18INO2. The molecule has 1 aromatic rings. The van der Waals surface area contributed by atoms with Crippen molar-refractivity contribution in [2.45, 2.75) is 37.3 Å². The average molecular weight is 371 g/mol. The molecule has 0 spiro atoms. The van der Waals surface area contributed by atoms with E-state index in [1.165, 1.54) is 9.13 Å². The van der Waals surface area contributed by atoms with Gasteiger partial charge in [-0.2, -0.15) is 0 Å². The van der Waals surface area contributed by atoms with E-state index in [0.717, 1.165) is 19.3 Å². The molecule has 2 unspecified atom stereocenters. The van der Waals surface area contributed by atoms with Crippen molar-refractivity contribution in [1.82, 2.24) is 4.90 Å². The second kappa shape index (κ2) is 5.05. The molecule has 3 nitrogen and oxygen atoms in total. The average Bonchev–Trinajstić information content (AvgIpc) is 2.63. The lowest BCUT2D eigenvalue weighted by atomic mass is 9.76. The first-order valence-corrected chi connectivity index (χ1v) is 7.86. The van der Waals surface area contributed by atoms with Gasteiger partial charge in [-0.05, 0) is 66.6 Å². The molecule has 0 aromatic heterocycles. The van der Waals surface area contributed by atoms with E-state index >= 15 is 0 Å². The van der Waals surface area contributed by atoms with Gasteiger partial charge in [0, 0.05) is 21.6 Å². The van der Waals surface area contributed by atoms with Crippen molar-refractivity contribution in [2.24, 2.45) is 5.92 Å². The van der Waals surface area contributed by atoms with Gasteiger partial charge in [-0.3, -0.25) is 9.69 Å². The smallest absolute Gasteiger partial charge is 0.308 e. The van der Waals surface area contributed by atoms with Crippen LogP contribution >= 0.6 is 22.6 Å². The van der Waals surface area contributed by atoms with Crippen molar-refractivity contribution in [3.05, 3.63) is 33.4 Å². The van der Waals surface area contributed by atoms with Crippen LogP contribution in [0.4, 0.5) is 0 Å². The first kappa shape index (κ1) is 13.4. The molecule has 2 fully saturated rings. The molecule has 19 heavy (non-hydrogen) atoms. The molecule has 2 saturated heterocycles. The van der Waals surface area contributed by atoms with E-state index in [-0.39, 0.29) is 17.9 Å². The lowest BCUT2D eigenvalue weighted by Crippen LogP contribution is -2.48. The highest BCUT2D eigenvalue weighted by atomic mass is 127. The Bertz CT molecular complexity index is 487. The van der Waals surface area contributed by atoms with Gasteiger partial charge in [0.25, 0.3) is 0 Å². The molecule has 2 aliphatic heterocycles. The molecule has 2 heterocycles. The number of carboxylic acid groups (broad SMARTS) is 1. The Labute approximate surface area is 127 Å². The summed E-state index contributed by atoms with van der Waals surface area (Å²) in [5.41, 5.74) is 1.19.